The first-order valence-corrected chi connectivity index (χ1v) is 10.4. The Bertz CT molecular complexity index is 831. The molecule has 0 fully saturated rings. The van der Waals surface area contributed by atoms with Crippen molar-refractivity contribution in [2.24, 2.45) is 0 Å². The van der Waals surface area contributed by atoms with Gasteiger partial charge in [0.15, 0.2) is 0 Å². The van der Waals surface area contributed by atoms with Gasteiger partial charge in [0.25, 0.3) is 0 Å². The number of rotatable bonds is 10. The molecule has 0 saturated heterocycles. The maximum Gasteiger partial charge on any atom is 0.408 e. The molecule has 0 saturated carbocycles. The fourth-order valence-corrected chi connectivity index (χ4v) is 2.76. The fourth-order valence-electron chi connectivity index (χ4n) is 2.76. The molecule has 3 amide bonds. The van der Waals surface area contributed by atoms with Crippen molar-refractivity contribution in [3.05, 3.63) is 42.0 Å². The lowest BCUT2D eigenvalue weighted by molar-refractivity contribution is -0.143. The lowest BCUT2D eigenvalue weighted by Gasteiger charge is -2.28. The van der Waals surface area contributed by atoms with E-state index >= 15 is 0 Å². The van der Waals surface area contributed by atoms with E-state index in [9.17, 15) is 19.2 Å². The van der Waals surface area contributed by atoms with Gasteiger partial charge in [-0.3, -0.25) is 14.4 Å². The molecule has 1 aromatic rings. The average Bonchev–Trinajstić information content (AvgIpc) is 2.71. The van der Waals surface area contributed by atoms with Crippen molar-refractivity contribution in [3.63, 3.8) is 0 Å². The molecule has 1 rings (SSSR count). The zero-order valence-corrected chi connectivity index (χ0v) is 19.4. The summed E-state index contributed by atoms with van der Waals surface area (Å²) in [5, 5.41) is 5.07. The highest BCUT2D eigenvalue weighted by Gasteiger charge is 2.29. The Morgan fingerprint density at radius 2 is 1.88 bits per heavy atom. The molecule has 9 nitrogen and oxygen atoms in total. The van der Waals surface area contributed by atoms with Crippen LogP contribution >= 0.6 is 0 Å². The fraction of sp³-hybridized carbons (Fsp3) is 0.478. The van der Waals surface area contributed by atoms with Crippen molar-refractivity contribution >= 4 is 30.0 Å². The van der Waals surface area contributed by atoms with Crippen LogP contribution in [0.25, 0.3) is 6.08 Å². The number of hydrogen-bond donors (Lipinski definition) is 2. The van der Waals surface area contributed by atoms with E-state index in [1.807, 2.05) is 6.07 Å². The van der Waals surface area contributed by atoms with E-state index < -0.39 is 35.5 Å². The number of nitrogens with one attached hydrogen (secondary N) is 2. The highest BCUT2D eigenvalue weighted by molar-refractivity contribution is 5.90. The predicted octanol–water partition coefficient (Wildman–Crippen LogP) is 2.42. The van der Waals surface area contributed by atoms with Gasteiger partial charge in [0.1, 0.15) is 18.2 Å². The lowest BCUT2D eigenvalue weighted by atomic mass is 10.0. The van der Waals surface area contributed by atoms with Crippen LogP contribution in [0.5, 0.6) is 0 Å². The number of likely N-dealkylation sites (N-methyl/N-ethyl adjacent to an activating group) is 1. The number of carbonyl (C=O) groups excluding carboxylic acids is 4. The Labute approximate surface area is 189 Å². The van der Waals surface area contributed by atoms with E-state index in [0.29, 0.717) is 5.56 Å². The highest BCUT2D eigenvalue weighted by atomic mass is 16.6. The number of esters is 1. The maximum atomic E-state index is 13.0. The molecule has 32 heavy (non-hydrogen) atoms. The summed E-state index contributed by atoms with van der Waals surface area (Å²) >= 11 is 0. The van der Waals surface area contributed by atoms with Gasteiger partial charge in [0.05, 0.1) is 13.0 Å². The molecular formula is C23H33N3O6. The minimum atomic E-state index is -0.981. The Morgan fingerprint density at radius 1 is 1.19 bits per heavy atom. The number of ether oxygens (including phenoxy) is 2. The monoisotopic (exact) mass is 447 g/mol. The molecule has 176 valence electrons. The van der Waals surface area contributed by atoms with Gasteiger partial charge >= 0.3 is 12.1 Å². The molecule has 0 radical (unpaired) electrons. The largest absolute Gasteiger partial charge is 0.466 e. The Balaban J connectivity index is 2.94. The van der Waals surface area contributed by atoms with Crippen LogP contribution < -0.4 is 10.6 Å². The summed E-state index contributed by atoms with van der Waals surface area (Å²) in [7, 11) is 1.47. The molecule has 1 unspecified atom stereocenters. The second-order valence-corrected chi connectivity index (χ2v) is 7.98. The lowest BCUT2D eigenvalue weighted by Crippen LogP contribution is -2.46. The quantitative estimate of drug-likeness (QED) is 0.533. The van der Waals surface area contributed by atoms with Crippen LogP contribution in [-0.2, 0) is 23.9 Å². The summed E-state index contributed by atoms with van der Waals surface area (Å²) in [6.45, 7) is 10.5. The molecule has 0 aliphatic rings. The van der Waals surface area contributed by atoms with Crippen LogP contribution in [0.3, 0.4) is 0 Å². The number of benzene rings is 1. The third-order valence-corrected chi connectivity index (χ3v) is 4.21. The summed E-state index contributed by atoms with van der Waals surface area (Å²) in [5.74, 6) is -1.39. The van der Waals surface area contributed by atoms with Gasteiger partial charge in [-0.25, -0.2) is 4.79 Å². The predicted molar refractivity (Wildman–Crippen MR) is 121 cm³/mol. The Kier molecular flexibility index (Phi) is 10.4. The normalized spacial score (nSPS) is 11.7. The standard InChI is InChI=1S/C23H33N3O6/c1-7-16-10-9-11-17(14-16)20(21(29)24-13-12-19(28)31-8-2)26(6)18(27)15-25-22(30)32-23(3,4)5/h7,9-11,14,20H,1,8,12-13,15H2,2-6H3,(H,24,29)(H,25,30). The van der Waals surface area contributed by atoms with Crippen LogP contribution in [0.1, 0.15) is 51.3 Å². The van der Waals surface area contributed by atoms with E-state index in [1.165, 1.54) is 11.9 Å². The smallest absolute Gasteiger partial charge is 0.408 e. The van der Waals surface area contributed by atoms with Crippen LogP contribution in [0, 0.1) is 0 Å². The van der Waals surface area contributed by atoms with Gasteiger partial charge in [0, 0.05) is 13.6 Å². The van der Waals surface area contributed by atoms with Gasteiger partial charge in [-0.2, -0.15) is 0 Å². The number of hydrogen-bond acceptors (Lipinski definition) is 6. The van der Waals surface area contributed by atoms with Gasteiger partial charge in [-0.05, 0) is 44.9 Å². The van der Waals surface area contributed by atoms with Crippen molar-refractivity contribution in [1.29, 1.82) is 0 Å². The second-order valence-electron chi connectivity index (χ2n) is 7.98. The molecule has 0 aliphatic heterocycles. The molecule has 0 heterocycles. The molecule has 0 spiro atoms. The molecule has 1 atom stereocenters. The number of alkyl carbamates (subject to hydrolysis) is 1. The molecular weight excluding hydrogens is 414 g/mol. The van der Waals surface area contributed by atoms with Gasteiger partial charge < -0.3 is 25.0 Å². The zero-order chi connectivity index (χ0) is 24.3. The van der Waals surface area contributed by atoms with Crippen molar-refractivity contribution in [1.82, 2.24) is 15.5 Å². The molecule has 2 N–H and O–H groups in total. The number of carbonyl (C=O) groups is 4. The van der Waals surface area contributed by atoms with Crippen LogP contribution in [0.2, 0.25) is 0 Å². The molecule has 0 bridgehead atoms. The minimum absolute atomic E-state index is 0.0108. The summed E-state index contributed by atoms with van der Waals surface area (Å²) in [6, 6.07) is 6.05. The summed E-state index contributed by atoms with van der Waals surface area (Å²) in [4.78, 5) is 50.3. The van der Waals surface area contributed by atoms with Gasteiger partial charge in [-0.1, -0.05) is 30.9 Å². The molecule has 0 aliphatic carbocycles. The molecule has 0 aromatic heterocycles. The molecule has 1 aromatic carbocycles. The Hall–Kier alpha value is -3.36. The van der Waals surface area contributed by atoms with Gasteiger partial charge in [-0.15, -0.1) is 0 Å². The zero-order valence-electron chi connectivity index (χ0n) is 19.4. The topological polar surface area (TPSA) is 114 Å². The SMILES string of the molecule is C=Cc1cccc(C(C(=O)NCCC(=O)OCC)N(C)C(=O)CNC(=O)OC(C)(C)C)c1. The third-order valence-electron chi connectivity index (χ3n) is 4.21. The minimum Gasteiger partial charge on any atom is -0.466 e. The summed E-state index contributed by atoms with van der Waals surface area (Å²) < 4.78 is 9.99. The van der Waals surface area contributed by atoms with Crippen molar-refractivity contribution in [2.75, 3.05) is 26.7 Å². The van der Waals surface area contributed by atoms with E-state index in [1.54, 1.807) is 52.0 Å². The van der Waals surface area contributed by atoms with Crippen molar-refractivity contribution in [3.8, 4) is 0 Å². The van der Waals surface area contributed by atoms with E-state index in [2.05, 4.69) is 17.2 Å². The van der Waals surface area contributed by atoms with E-state index in [0.717, 1.165) is 5.56 Å². The van der Waals surface area contributed by atoms with E-state index in [-0.39, 0.29) is 26.1 Å². The maximum absolute atomic E-state index is 13.0. The Morgan fingerprint density at radius 3 is 2.47 bits per heavy atom. The number of amides is 3. The van der Waals surface area contributed by atoms with Crippen LogP contribution in [0.15, 0.2) is 30.8 Å². The van der Waals surface area contributed by atoms with Crippen molar-refractivity contribution < 1.29 is 28.7 Å². The van der Waals surface area contributed by atoms with Crippen molar-refractivity contribution in [2.45, 2.75) is 45.8 Å². The average molecular weight is 448 g/mol. The second kappa shape index (κ2) is 12.5. The summed E-state index contributed by atoms with van der Waals surface area (Å²) in [5.41, 5.74) is 0.634. The van der Waals surface area contributed by atoms with E-state index in [4.69, 9.17) is 9.47 Å². The third kappa shape index (κ3) is 9.20. The highest BCUT2D eigenvalue weighted by Crippen LogP contribution is 2.22. The molecule has 9 heteroatoms. The van der Waals surface area contributed by atoms with Crippen LogP contribution in [-0.4, -0.2) is 61.1 Å². The first kappa shape index (κ1) is 26.7. The number of nitrogens with zero attached hydrogens (tertiary/aromatic N) is 1. The first-order chi connectivity index (χ1) is 15.0. The van der Waals surface area contributed by atoms with Gasteiger partial charge in [0.2, 0.25) is 11.8 Å². The summed E-state index contributed by atoms with van der Waals surface area (Å²) in [6.07, 6.45) is 0.908. The first-order valence-electron chi connectivity index (χ1n) is 10.4. The van der Waals surface area contributed by atoms with Crippen LogP contribution in [0.4, 0.5) is 4.79 Å².